The second kappa shape index (κ2) is 5.44. The van der Waals surface area contributed by atoms with Crippen LogP contribution in [-0.2, 0) is 12.0 Å². The quantitative estimate of drug-likeness (QED) is 0.846. The van der Waals surface area contributed by atoms with Gasteiger partial charge in [0.15, 0.2) is 0 Å². The van der Waals surface area contributed by atoms with Crippen molar-refractivity contribution in [3.63, 3.8) is 0 Å². The molecule has 1 nitrogen and oxygen atoms in total. The first-order valence-electron chi connectivity index (χ1n) is 7.43. The van der Waals surface area contributed by atoms with Crippen molar-refractivity contribution in [1.82, 2.24) is 0 Å². The van der Waals surface area contributed by atoms with E-state index in [2.05, 4.69) is 45.0 Å². The van der Waals surface area contributed by atoms with Crippen LogP contribution >= 0.6 is 0 Å². The number of hydrogen-bond donors (Lipinski definition) is 1. The Balaban J connectivity index is 2.08. The molecule has 1 heteroatoms. The fourth-order valence-electron chi connectivity index (χ4n) is 3.18. The van der Waals surface area contributed by atoms with E-state index in [1.165, 1.54) is 24.0 Å². The minimum absolute atomic E-state index is 0.0718. The topological polar surface area (TPSA) is 26.0 Å². The summed E-state index contributed by atoms with van der Waals surface area (Å²) in [5.74, 6) is 1.67. The second-order valence-electron chi connectivity index (χ2n) is 6.29. The van der Waals surface area contributed by atoms with Crippen LogP contribution in [0.25, 0.3) is 0 Å². The third-order valence-corrected chi connectivity index (χ3v) is 4.80. The fourth-order valence-corrected chi connectivity index (χ4v) is 3.18. The van der Waals surface area contributed by atoms with E-state index in [4.69, 9.17) is 5.73 Å². The highest BCUT2D eigenvalue weighted by Crippen LogP contribution is 2.40. The van der Waals surface area contributed by atoms with Gasteiger partial charge in [0.05, 0.1) is 0 Å². The predicted molar refractivity (Wildman–Crippen MR) is 78.5 cm³/mol. The van der Waals surface area contributed by atoms with E-state index in [1.54, 1.807) is 0 Å². The van der Waals surface area contributed by atoms with Crippen molar-refractivity contribution in [1.29, 1.82) is 0 Å². The molecular formula is C17H27N. The van der Waals surface area contributed by atoms with E-state index >= 15 is 0 Å². The molecule has 0 heterocycles. The lowest BCUT2D eigenvalue weighted by Crippen LogP contribution is -2.41. The van der Waals surface area contributed by atoms with Crippen molar-refractivity contribution in [3.8, 4) is 0 Å². The maximum atomic E-state index is 6.63. The summed E-state index contributed by atoms with van der Waals surface area (Å²) in [6, 6.07) is 8.96. The van der Waals surface area contributed by atoms with Crippen LogP contribution < -0.4 is 5.73 Å². The van der Waals surface area contributed by atoms with Crippen molar-refractivity contribution in [2.75, 3.05) is 0 Å². The van der Waals surface area contributed by atoms with Gasteiger partial charge in [-0.25, -0.2) is 0 Å². The van der Waals surface area contributed by atoms with Gasteiger partial charge in [0, 0.05) is 5.54 Å². The lowest BCUT2D eigenvalue weighted by atomic mass is 9.70. The fraction of sp³-hybridized carbons (Fsp3) is 0.647. The number of aryl methyl sites for hydroxylation is 1. The molecule has 1 saturated carbocycles. The lowest BCUT2D eigenvalue weighted by Gasteiger charge is -2.39. The van der Waals surface area contributed by atoms with Gasteiger partial charge in [-0.15, -0.1) is 0 Å². The highest BCUT2D eigenvalue weighted by Gasteiger charge is 2.33. The summed E-state index contributed by atoms with van der Waals surface area (Å²) in [5, 5.41) is 0. The van der Waals surface area contributed by atoms with Crippen LogP contribution in [0.2, 0.25) is 0 Å². The van der Waals surface area contributed by atoms with Crippen molar-refractivity contribution >= 4 is 0 Å². The van der Waals surface area contributed by atoms with Gasteiger partial charge in [-0.3, -0.25) is 0 Å². The van der Waals surface area contributed by atoms with Gasteiger partial charge in [0.2, 0.25) is 0 Å². The smallest absolute Gasteiger partial charge is 0.0409 e. The van der Waals surface area contributed by atoms with Crippen LogP contribution in [0.15, 0.2) is 24.3 Å². The Hall–Kier alpha value is -0.820. The van der Waals surface area contributed by atoms with Gasteiger partial charge in [-0.05, 0) is 55.1 Å². The molecule has 1 aromatic rings. The highest BCUT2D eigenvalue weighted by molar-refractivity contribution is 5.28. The second-order valence-corrected chi connectivity index (χ2v) is 6.29. The molecule has 0 spiro atoms. The van der Waals surface area contributed by atoms with Gasteiger partial charge in [0.25, 0.3) is 0 Å². The van der Waals surface area contributed by atoms with Gasteiger partial charge < -0.3 is 5.73 Å². The van der Waals surface area contributed by atoms with E-state index in [0.29, 0.717) is 0 Å². The zero-order valence-corrected chi connectivity index (χ0v) is 12.1. The molecule has 1 aliphatic rings. The Morgan fingerprint density at radius 3 is 2.17 bits per heavy atom. The number of rotatable bonds is 3. The minimum Gasteiger partial charge on any atom is -0.321 e. The molecule has 0 amide bonds. The van der Waals surface area contributed by atoms with Crippen molar-refractivity contribution in [2.45, 2.75) is 58.4 Å². The van der Waals surface area contributed by atoms with E-state index in [1.807, 2.05) is 0 Å². The monoisotopic (exact) mass is 245 g/mol. The molecule has 0 atom stereocenters. The van der Waals surface area contributed by atoms with E-state index in [-0.39, 0.29) is 5.54 Å². The molecule has 0 unspecified atom stereocenters. The Labute approximate surface area is 112 Å². The molecule has 0 aromatic heterocycles. The van der Waals surface area contributed by atoms with Crippen LogP contribution in [0.1, 0.15) is 57.6 Å². The van der Waals surface area contributed by atoms with Crippen molar-refractivity contribution < 1.29 is 0 Å². The molecule has 2 rings (SSSR count). The third kappa shape index (κ3) is 2.77. The molecular weight excluding hydrogens is 218 g/mol. The average Bonchev–Trinajstić information content (AvgIpc) is 2.39. The molecule has 0 radical (unpaired) electrons. The normalized spacial score (nSPS) is 28.6. The van der Waals surface area contributed by atoms with E-state index in [9.17, 15) is 0 Å². The van der Waals surface area contributed by atoms with Gasteiger partial charge in [0.1, 0.15) is 0 Å². The van der Waals surface area contributed by atoms with Crippen LogP contribution in [0, 0.1) is 11.8 Å². The number of nitrogens with two attached hydrogens (primary N) is 1. The molecule has 1 fully saturated rings. The maximum absolute atomic E-state index is 6.63. The molecule has 2 N–H and O–H groups in total. The highest BCUT2D eigenvalue weighted by atomic mass is 14.7. The van der Waals surface area contributed by atoms with Crippen molar-refractivity contribution in [2.24, 2.45) is 17.6 Å². The predicted octanol–water partition coefficient (Wildman–Crippen LogP) is 4.25. The standard InChI is InChI=1S/C17H27N/c1-4-14-5-7-16(8-6-14)17(18)11-9-15(10-12-17)13(2)3/h5-8,13,15H,4,9-12,18H2,1-3H3. The molecule has 1 aromatic carbocycles. The molecule has 0 bridgehead atoms. The molecule has 18 heavy (non-hydrogen) atoms. The van der Waals surface area contributed by atoms with Crippen LogP contribution in [0.3, 0.4) is 0 Å². The van der Waals surface area contributed by atoms with Gasteiger partial charge >= 0.3 is 0 Å². The Morgan fingerprint density at radius 2 is 1.72 bits per heavy atom. The Kier molecular flexibility index (Phi) is 4.11. The third-order valence-electron chi connectivity index (χ3n) is 4.80. The summed E-state index contributed by atoms with van der Waals surface area (Å²) in [5.41, 5.74) is 9.30. The summed E-state index contributed by atoms with van der Waals surface area (Å²) >= 11 is 0. The van der Waals surface area contributed by atoms with Crippen LogP contribution in [0.5, 0.6) is 0 Å². The first-order valence-corrected chi connectivity index (χ1v) is 7.43. The van der Waals surface area contributed by atoms with E-state index < -0.39 is 0 Å². The number of benzene rings is 1. The summed E-state index contributed by atoms with van der Waals surface area (Å²) in [7, 11) is 0. The first kappa shape index (κ1) is 13.6. The zero-order valence-electron chi connectivity index (χ0n) is 12.1. The summed E-state index contributed by atoms with van der Waals surface area (Å²) in [6.07, 6.45) is 5.95. The molecule has 0 aliphatic heterocycles. The van der Waals surface area contributed by atoms with Crippen LogP contribution in [-0.4, -0.2) is 0 Å². The zero-order chi connectivity index (χ0) is 13.2. The average molecular weight is 245 g/mol. The molecule has 100 valence electrons. The SMILES string of the molecule is CCc1ccc(C2(N)CCC(C(C)C)CC2)cc1. The maximum Gasteiger partial charge on any atom is 0.0409 e. The lowest BCUT2D eigenvalue weighted by molar-refractivity contribution is 0.196. The number of hydrogen-bond acceptors (Lipinski definition) is 1. The van der Waals surface area contributed by atoms with Gasteiger partial charge in [-0.1, -0.05) is 45.0 Å². The summed E-state index contributed by atoms with van der Waals surface area (Å²) in [4.78, 5) is 0. The summed E-state index contributed by atoms with van der Waals surface area (Å²) < 4.78 is 0. The van der Waals surface area contributed by atoms with Gasteiger partial charge in [-0.2, -0.15) is 0 Å². The molecule has 0 saturated heterocycles. The first-order chi connectivity index (χ1) is 8.55. The largest absolute Gasteiger partial charge is 0.321 e. The minimum atomic E-state index is -0.0718. The summed E-state index contributed by atoms with van der Waals surface area (Å²) in [6.45, 7) is 6.87. The van der Waals surface area contributed by atoms with Crippen molar-refractivity contribution in [3.05, 3.63) is 35.4 Å². The Bertz CT molecular complexity index is 369. The van der Waals surface area contributed by atoms with E-state index in [0.717, 1.165) is 31.1 Å². The van der Waals surface area contributed by atoms with Crippen LogP contribution in [0.4, 0.5) is 0 Å². The Morgan fingerprint density at radius 1 is 1.17 bits per heavy atom. The molecule has 1 aliphatic carbocycles.